The van der Waals surface area contributed by atoms with Crippen LogP contribution in [-0.4, -0.2) is 47.1 Å². The summed E-state index contributed by atoms with van der Waals surface area (Å²) in [6.45, 7) is 0.238. The first kappa shape index (κ1) is 22.0. The molecule has 2 heterocycles. The molecule has 0 spiro atoms. The first-order valence-corrected chi connectivity index (χ1v) is 10.1. The summed E-state index contributed by atoms with van der Waals surface area (Å²) in [6.07, 6.45) is 3.54. The monoisotopic (exact) mass is 450 g/mol. The van der Waals surface area contributed by atoms with Gasteiger partial charge in [0, 0.05) is 12.0 Å². The van der Waals surface area contributed by atoms with Crippen LogP contribution in [0.25, 0.3) is 11.3 Å². The Labute approximate surface area is 183 Å². The van der Waals surface area contributed by atoms with E-state index in [1.54, 1.807) is 30.3 Å². The number of imide groups is 3. The third-order valence-electron chi connectivity index (χ3n) is 4.45. The zero-order valence-corrected chi connectivity index (χ0v) is 17.5. The van der Waals surface area contributed by atoms with Gasteiger partial charge in [0.25, 0.3) is 5.91 Å². The van der Waals surface area contributed by atoms with Crippen LogP contribution in [-0.2, 0) is 9.59 Å². The van der Waals surface area contributed by atoms with Crippen LogP contribution in [0.1, 0.15) is 31.4 Å². The van der Waals surface area contributed by atoms with Gasteiger partial charge >= 0.3 is 6.03 Å². The second kappa shape index (κ2) is 9.88. The van der Waals surface area contributed by atoms with Crippen LogP contribution < -0.4 is 5.73 Å². The molecule has 30 heavy (non-hydrogen) atoms. The third-order valence-corrected chi connectivity index (χ3v) is 5.18. The van der Waals surface area contributed by atoms with Crippen LogP contribution in [0.4, 0.5) is 4.79 Å². The number of carbonyl (C=O) groups is 3. The average molecular weight is 451 g/mol. The molecule has 1 aromatic heterocycles. The fourth-order valence-corrected chi connectivity index (χ4v) is 3.19. The molecule has 1 saturated heterocycles. The van der Waals surface area contributed by atoms with E-state index >= 15 is 0 Å². The highest BCUT2D eigenvalue weighted by atomic mass is 35.5. The van der Waals surface area contributed by atoms with E-state index in [4.69, 9.17) is 33.4 Å². The lowest BCUT2D eigenvalue weighted by molar-refractivity contribution is -0.138. The van der Waals surface area contributed by atoms with Crippen LogP contribution >= 0.6 is 23.2 Å². The molecule has 1 aliphatic heterocycles. The van der Waals surface area contributed by atoms with E-state index in [0.717, 1.165) is 23.4 Å². The number of halogens is 2. The number of unbranched alkanes of at least 4 members (excludes halogenated alkanes) is 2. The van der Waals surface area contributed by atoms with E-state index in [9.17, 15) is 14.4 Å². The SMILES string of the molecule is NCCCCCC(=O)N1C(=O)CN(/N=C/c2ccc(-c3ccc(Cl)c(Cl)c3)o2)C1=O. The van der Waals surface area contributed by atoms with Gasteiger partial charge in [-0.15, -0.1) is 0 Å². The van der Waals surface area contributed by atoms with Gasteiger partial charge < -0.3 is 10.2 Å². The topological polar surface area (TPSA) is 109 Å². The maximum absolute atomic E-state index is 12.4. The predicted molar refractivity (Wildman–Crippen MR) is 113 cm³/mol. The lowest BCUT2D eigenvalue weighted by Gasteiger charge is -2.11. The van der Waals surface area contributed by atoms with Crippen molar-refractivity contribution in [2.45, 2.75) is 25.7 Å². The molecular formula is C20H20Cl2N4O4. The maximum Gasteiger partial charge on any atom is 0.354 e. The summed E-state index contributed by atoms with van der Waals surface area (Å²) >= 11 is 11.9. The molecule has 0 bridgehead atoms. The maximum atomic E-state index is 12.4. The Balaban J connectivity index is 1.63. The fraction of sp³-hybridized carbons (Fsp3) is 0.300. The Hall–Kier alpha value is -2.68. The summed E-state index contributed by atoms with van der Waals surface area (Å²) in [5.74, 6) is -0.229. The molecule has 0 saturated carbocycles. The molecule has 0 unspecified atom stereocenters. The largest absolute Gasteiger partial charge is 0.455 e. The van der Waals surface area contributed by atoms with Crippen LogP contribution in [0.3, 0.4) is 0 Å². The number of carbonyl (C=O) groups excluding carboxylic acids is 3. The lowest BCUT2D eigenvalue weighted by atomic mass is 10.2. The zero-order chi connectivity index (χ0) is 21.7. The number of hydrogen-bond acceptors (Lipinski definition) is 6. The molecule has 3 rings (SSSR count). The van der Waals surface area contributed by atoms with Crippen LogP contribution in [0.15, 0.2) is 39.9 Å². The number of urea groups is 1. The molecule has 2 N–H and O–H groups in total. The van der Waals surface area contributed by atoms with Crippen molar-refractivity contribution < 1.29 is 18.8 Å². The molecule has 10 heteroatoms. The quantitative estimate of drug-likeness (QED) is 0.372. The summed E-state index contributed by atoms with van der Waals surface area (Å²) in [4.78, 5) is 37.3. The first-order chi connectivity index (χ1) is 14.4. The molecule has 1 fully saturated rings. The number of amides is 4. The molecular weight excluding hydrogens is 431 g/mol. The van der Waals surface area contributed by atoms with Crippen LogP contribution in [0.5, 0.6) is 0 Å². The summed E-state index contributed by atoms with van der Waals surface area (Å²) in [5.41, 5.74) is 6.14. The number of nitrogens with two attached hydrogens (primary N) is 1. The third kappa shape index (κ3) is 5.08. The van der Waals surface area contributed by atoms with Crippen molar-refractivity contribution in [1.29, 1.82) is 0 Å². The summed E-state index contributed by atoms with van der Waals surface area (Å²) in [6, 6.07) is 7.69. The molecule has 1 aromatic carbocycles. The van der Waals surface area contributed by atoms with E-state index in [1.807, 2.05) is 0 Å². The highest BCUT2D eigenvalue weighted by Crippen LogP contribution is 2.29. The Morgan fingerprint density at radius 2 is 1.93 bits per heavy atom. The van der Waals surface area contributed by atoms with E-state index < -0.39 is 17.8 Å². The molecule has 158 valence electrons. The summed E-state index contributed by atoms with van der Waals surface area (Å²) < 4.78 is 5.67. The van der Waals surface area contributed by atoms with E-state index in [0.29, 0.717) is 39.4 Å². The number of hydrazone groups is 1. The Morgan fingerprint density at radius 1 is 1.13 bits per heavy atom. The Bertz CT molecular complexity index is 989. The van der Waals surface area contributed by atoms with Crippen LogP contribution in [0.2, 0.25) is 10.0 Å². The van der Waals surface area contributed by atoms with Crippen molar-refractivity contribution >= 4 is 47.3 Å². The van der Waals surface area contributed by atoms with Gasteiger partial charge in [0.05, 0.1) is 16.3 Å². The van der Waals surface area contributed by atoms with Crippen molar-refractivity contribution in [1.82, 2.24) is 9.91 Å². The van der Waals surface area contributed by atoms with Gasteiger partial charge in [-0.25, -0.2) is 9.80 Å². The fourth-order valence-electron chi connectivity index (χ4n) is 2.89. The highest BCUT2D eigenvalue weighted by Gasteiger charge is 2.40. The van der Waals surface area contributed by atoms with E-state index in [1.165, 1.54) is 6.21 Å². The molecule has 0 radical (unpaired) electrons. The minimum atomic E-state index is -0.767. The molecule has 0 aliphatic carbocycles. The predicted octanol–water partition coefficient (Wildman–Crippen LogP) is 3.90. The van der Waals surface area contributed by atoms with Gasteiger partial charge in [0.1, 0.15) is 18.1 Å². The molecule has 2 aromatic rings. The summed E-state index contributed by atoms with van der Waals surface area (Å²) in [5, 5.41) is 5.76. The second-order valence-corrected chi connectivity index (χ2v) is 7.45. The van der Waals surface area contributed by atoms with Gasteiger partial charge in [-0.1, -0.05) is 29.6 Å². The standard InChI is InChI=1S/C20H20Cl2N4O4/c21-15-7-5-13(10-16(15)22)17-8-6-14(30-17)11-24-25-12-19(28)26(20(25)29)18(27)4-2-1-3-9-23/h5-8,10-11H,1-4,9,12,23H2/b24-11+. The molecule has 0 atom stereocenters. The van der Waals surface area contributed by atoms with Crippen molar-refractivity contribution in [2.75, 3.05) is 13.1 Å². The smallest absolute Gasteiger partial charge is 0.354 e. The summed E-state index contributed by atoms with van der Waals surface area (Å²) in [7, 11) is 0. The minimum absolute atomic E-state index is 0.111. The van der Waals surface area contributed by atoms with Gasteiger partial charge in [0.15, 0.2) is 0 Å². The van der Waals surface area contributed by atoms with Crippen LogP contribution in [0, 0.1) is 0 Å². The van der Waals surface area contributed by atoms with Crippen molar-refractivity contribution in [3.63, 3.8) is 0 Å². The number of benzene rings is 1. The Kier molecular flexibility index (Phi) is 7.25. The molecule has 8 nitrogen and oxygen atoms in total. The van der Waals surface area contributed by atoms with Crippen molar-refractivity contribution in [2.24, 2.45) is 10.8 Å². The molecule has 4 amide bonds. The average Bonchev–Trinajstić information content (AvgIpc) is 3.30. The highest BCUT2D eigenvalue weighted by molar-refractivity contribution is 6.42. The van der Waals surface area contributed by atoms with Crippen molar-refractivity contribution in [3.05, 3.63) is 46.1 Å². The van der Waals surface area contributed by atoms with Gasteiger partial charge in [-0.05, 0) is 49.7 Å². The second-order valence-electron chi connectivity index (χ2n) is 6.64. The zero-order valence-electron chi connectivity index (χ0n) is 16.0. The first-order valence-electron chi connectivity index (χ1n) is 9.37. The normalized spacial score (nSPS) is 14.4. The van der Waals surface area contributed by atoms with Crippen molar-refractivity contribution in [3.8, 4) is 11.3 Å². The van der Waals surface area contributed by atoms with Gasteiger partial charge in [-0.3, -0.25) is 9.59 Å². The van der Waals surface area contributed by atoms with Gasteiger partial charge in [-0.2, -0.15) is 10.0 Å². The Morgan fingerprint density at radius 3 is 2.67 bits per heavy atom. The van der Waals surface area contributed by atoms with E-state index in [2.05, 4.69) is 5.10 Å². The number of rotatable bonds is 8. The number of hydrogen-bond donors (Lipinski definition) is 1. The van der Waals surface area contributed by atoms with E-state index in [-0.39, 0.29) is 13.0 Å². The minimum Gasteiger partial charge on any atom is -0.455 e. The lowest BCUT2D eigenvalue weighted by Crippen LogP contribution is -2.37. The van der Waals surface area contributed by atoms with Gasteiger partial charge in [0.2, 0.25) is 5.91 Å². The number of furan rings is 1. The number of nitrogens with zero attached hydrogens (tertiary/aromatic N) is 3. The molecule has 1 aliphatic rings.